The number of fused-ring (bicyclic) bond motifs is 1. The molecule has 0 spiro atoms. The molecule has 2 aromatic rings. The first-order valence-electron chi connectivity index (χ1n) is 8.79. The number of benzene rings is 1. The number of hydrogen-bond donors (Lipinski definition) is 2. The van der Waals surface area contributed by atoms with E-state index >= 15 is 0 Å². The van der Waals surface area contributed by atoms with E-state index < -0.39 is 10.0 Å². The number of hydrogen-bond acceptors (Lipinski definition) is 5. The molecule has 1 aromatic carbocycles. The summed E-state index contributed by atoms with van der Waals surface area (Å²) in [5.41, 5.74) is 1.42. The molecule has 0 saturated heterocycles. The van der Waals surface area contributed by atoms with Crippen LogP contribution in [0, 0.1) is 0 Å². The second-order valence-corrected chi connectivity index (χ2v) is 9.51. The van der Waals surface area contributed by atoms with Crippen LogP contribution in [0.15, 0.2) is 28.3 Å². The van der Waals surface area contributed by atoms with E-state index in [0.29, 0.717) is 11.6 Å². The fourth-order valence-corrected chi connectivity index (χ4v) is 4.14. The molecule has 0 bridgehead atoms. The van der Waals surface area contributed by atoms with Crippen LogP contribution >= 0.6 is 11.8 Å². The Hall–Kier alpha value is -1.58. The molecule has 1 atom stereocenters. The minimum Gasteiger partial charge on any atom is -0.352 e. The second-order valence-electron chi connectivity index (χ2n) is 6.64. The van der Waals surface area contributed by atoms with Crippen LogP contribution in [-0.2, 0) is 21.4 Å². The Kier molecular flexibility index (Phi) is 5.59. The van der Waals surface area contributed by atoms with Gasteiger partial charge < -0.3 is 9.88 Å². The molecule has 1 aliphatic carbocycles. The molecule has 7 nitrogen and oxygen atoms in total. The number of nitrogens with one attached hydrogen (secondary N) is 1. The number of primary sulfonamides is 1. The maximum Gasteiger partial charge on any atom is 0.238 e. The highest BCUT2D eigenvalue weighted by Gasteiger charge is 2.27. The van der Waals surface area contributed by atoms with E-state index in [1.165, 1.54) is 23.9 Å². The van der Waals surface area contributed by atoms with Gasteiger partial charge >= 0.3 is 0 Å². The van der Waals surface area contributed by atoms with Crippen LogP contribution in [0.5, 0.6) is 0 Å². The van der Waals surface area contributed by atoms with Crippen molar-refractivity contribution in [3.8, 4) is 0 Å². The molecule has 1 fully saturated rings. The van der Waals surface area contributed by atoms with Gasteiger partial charge in [-0.3, -0.25) is 4.79 Å². The zero-order valence-corrected chi connectivity index (χ0v) is 16.6. The van der Waals surface area contributed by atoms with E-state index in [-0.39, 0.29) is 16.1 Å². The summed E-state index contributed by atoms with van der Waals surface area (Å²) in [4.78, 5) is 16.9. The standard InChI is InChI=1S/C17H24N4O3S2/c1-3-4-9-21-15-8-7-13(26(18,23)24)10-14(15)20-17(21)25-11(2)16(22)19-12-5-6-12/h7-8,10-12H,3-6,9H2,1-2H3,(H,19,22)(H2,18,23,24)/t11-/m0/s1. The van der Waals surface area contributed by atoms with Gasteiger partial charge in [-0.1, -0.05) is 25.1 Å². The van der Waals surface area contributed by atoms with E-state index in [9.17, 15) is 13.2 Å². The van der Waals surface area contributed by atoms with Crippen molar-refractivity contribution < 1.29 is 13.2 Å². The van der Waals surface area contributed by atoms with E-state index in [2.05, 4.69) is 21.8 Å². The average Bonchev–Trinajstić information content (AvgIpc) is 3.32. The lowest BCUT2D eigenvalue weighted by atomic mass is 10.3. The molecule has 0 unspecified atom stereocenters. The maximum absolute atomic E-state index is 12.3. The monoisotopic (exact) mass is 396 g/mol. The molecule has 0 radical (unpaired) electrons. The summed E-state index contributed by atoms with van der Waals surface area (Å²) < 4.78 is 25.3. The molecular weight excluding hydrogens is 372 g/mol. The number of amides is 1. The highest BCUT2D eigenvalue weighted by molar-refractivity contribution is 8.00. The van der Waals surface area contributed by atoms with Gasteiger partial charge in [-0.2, -0.15) is 0 Å². The Morgan fingerprint density at radius 1 is 1.46 bits per heavy atom. The number of thioether (sulfide) groups is 1. The minimum absolute atomic E-state index is 0.0109. The summed E-state index contributed by atoms with van der Waals surface area (Å²) >= 11 is 1.40. The minimum atomic E-state index is -3.78. The number of unbranched alkanes of at least 4 members (excludes halogenated alkanes) is 1. The zero-order valence-electron chi connectivity index (χ0n) is 14.9. The summed E-state index contributed by atoms with van der Waals surface area (Å²) in [5.74, 6) is 0.0109. The first kappa shape index (κ1) is 19.2. The summed E-state index contributed by atoms with van der Waals surface area (Å²) in [7, 11) is -3.78. The molecular formula is C17H24N4O3S2. The number of aryl methyl sites for hydroxylation is 1. The zero-order chi connectivity index (χ0) is 18.9. The summed E-state index contributed by atoms with van der Waals surface area (Å²) in [5, 5.41) is 8.68. The quantitative estimate of drug-likeness (QED) is 0.666. The first-order chi connectivity index (χ1) is 12.3. The molecule has 3 N–H and O–H groups in total. The molecule has 1 saturated carbocycles. The van der Waals surface area contributed by atoms with Gasteiger partial charge in [-0.25, -0.2) is 18.5 Å². The molecule has 1 amide bonds. The van der Waals surface area contributed by atoms with Crippen LogP contribution in [0.4, 0.5) is 0 Å². The van der Waals surface area contributed by atoms with Gasteiger partial charge in [0.1, 0.15) is 0 Å². The van der Waals surface area contributed by atoms with Crippen molar-refractivity contribution in [2.75, 3.05) is 0 Å². The van der Waals surface area contributed by atoms with Gasteiger partial charge in [0.25, 0.3) is 0 Å². The summed E-state index contributed by atoms with van der Waals surface area (Å²) in [6.45, 7) is 4.74. The Morgan fingerprint density at radius 2 is 2.19 bits per heavy atom. The van der Waals surface area contributed by atoms with Crippen LogP contribution in [-0.4, -0.2) is 35.2 Å². The lowest BCUT2D eigenvalue weighted by Crippen LogP contribution is -2.32. The number of nitrogens with zero attached hydrogens (tertiary/aromatic N) is 2. The molecule has 26 heavy (non-hydrogen) atoms. The van der Waals surface area contributed by atoms with Crippen molar-refractivity contribution in [3.05, 3.63) is 18.2 Å². The van der Waals surface area contributed by atoms with Crippen LogP contribution in [0.25, 0.3) is 11.0 Å². The van der Waals surface area contributed by atoms with E-state index in [0.717, 1.165) is 42.9 Å². The fourth-order valence-electron chi connectivity index (χ4n) is 2.64. The smallest absolute Gasteiger partial charge is 0.238 e. The first-order valence-corrected chi connectivity index (χ1v) is 11.2. The van der Waals surface area contributed by atoms with Gasteiger partial charge in [-0.05, 0) is 44.4 Å². The number of aromatic nitrogens is 2. The van der Waals surface area contributed by atoms with Gasteiger partial charge in [-0.15, -0.1) is 0 Å². The van der Waals surface area contributed by atoms with Crippen LogP contribution in [0.1, 0.15) is 39.5 Å². The highest BCUT2D eigenvalue weighted by atomic mass is 32.2. The lowest BCUT2D eigenvalue weighted by Gasteiger charge is -2.13. The lowest BCUT2D eigenvalue weighted by molar-refractivity contribution is -0.120. The van der Waals surface area contributed by atoms with Crippen LogP contribution in [0.2, 0.25) is 0 Å². The SMILES string of the molecule is CCCCn1c(S[C@@H](C)C(=O)NC2CC2)nc2cc(S(N)(=O)=O)ccc21. The third kappa shape index (κ3) is 4.39. The third-order valence-corrected chi connectivity index (χ3v) is 6.32. The molecule has 1 heterocycles. The third-order valence-electron chi connectivity index (χ3n) is 4.32. The number of rotatable bonds is 8. The van der Waals surface area contributed by atoms with E-state index in [1.807, 2.05) is 6.92 Å². The number of nitrogens with two attached hydrogens (primary N) is 1. The molecule has 9 heteroatoms. The topological polar surface area (TPSA) is 107 Å². The van der Waals surface area contributed by atoms with Crippen molar-refractivity contribution in [1.82, 2.24) is 14.9 Å². The Morgan fingerprint density at radius 3 is 2.81 bits per heavy atom. The number of sulfonamides is 1. The van der Waals surface area contributed by atoms with Crippen molar-refractivity contribution >= 4 is 38.7 Å². The van der Waals surface area contributed by atoms with Gasteiger partial charge in [0.2, 0.25) is 15.9 Å². The predicted molar refractivity (Wildman–Crippen MR) is 102 cm³/mol. The van der Waals surface area contributed by atoms with E-state index in [4.69, 9.17) is 5.14 Å². The van der Waals surface area contributed by atoms with E-state index in [1.54, 1.807) is 6.07 Å². The van der Waals surface area contributed by atoms with Gasteiger partial charge in [0.05, 0.1) is 21.2 Å². The van der Waals surface area contributed by atoms with Gasteiger partial charge in [0, 0.05) is 12.6 Å². The summed E-state index contributed by atoms with van der Waals surface area (Å²) in [6, 6.07) is 5.05. The Bertz CT molecular complexity index is 919. The van der Waals surface area contributed by atoms with Crippen molar-refractivity contribution in [2.45, 2.75) is 67.4 Å². The average molecular weight is 397 g/mol. The highest BCUT2D eigenvalue weighted by Crippen LogP contribution is 2.30. The maximum atomic E-state index is 12.3. The van der Waals surface area contributed by atoms with Crippen LogP contribution < -0.4 is 10.5 Å². The van der Waals surface area contributed by atoms with Gasteiger partial charge in [0.15, 0.2) is 5.16 Å². The molecule has 3 rings (SSSR count). The summed E-state index contributed by atoms with van der Waals surface area (Å²) in [6.07, 6.45) is 4.10. The number of carbonyl (C=O) groups excluding carboxylic acids is 1. The van der Waals surface area contributed by atoms with Crippen molar-refractivity contribution in [3.63, 3.8) is 0 Å². The van der Waals surface area contributed by atoms with Crippen molar-refractivity contribution in [1.29, 1.82) is 0 Å². The largest absolute Gasteiger partial charge is 0.352 e. The number of carbonyl (C=O) groups is 1. The van der Waals surface area contributed by atoms with Crippen molar-refractivity contribution in [2.24, 2.45) is 5.14 Å². The molecule has 142 valence electrons. The normalized spacial score (nSPS) is 16.0. The molecule has 0 aliphatic heterocycles. The molecule has 1 aromatic heterocycles. The molecule has 1 aliphatic rings. The Balaban J connectivity index is 1.92. The predicted octanol–water partition coefficient (Wildman–Crippen LogP) is 2.24. The van der Waals surface area contributed by atoms with Crippen LogP contribution in [0.3, 0.4) is 0 Å². The number of imidazole rings is 1. The Labute approximate surface area is 157 Å². The second kappa shape index (κ2) is 7.58. The fraction of sp³-hybridized carbons (Fsp3) is 0.529.